The van der Waals surface area contributed by atoms with Crippen molar-refractivity contribution < 1.29 is 9.59 Å². The third kappa shape index (κ3) is 2.28. The van der Waals surface area contributed by atoms with Crippen molar-refractivity contribution in [2.75, 3.05) is 7.05 Å². The molecule has 114 valence electrons. The lowest BCUT2D eigenvalue weighted by atomic mass is 9.99. The number of nitrogens with zero attached hydrogens (tertiary/aromatic N) is 6. The molecule has 0 saturated heterocycles. The Hall–Kier alpha value is -3.34. The smallest absolute Gasteiger partial charge is 0.280 e. The van der Waals surface area contributed by atoms with Crippen LogP contribution < -0.4 is 5.62 Å². The first-order valence-electron chi connectivity index (χ1n) is 6.86. The van der Waals surface area contributed by atoms with Crippen LogP contribution in [-0.4, -0.2) is 38.5 Å². The van der Waals surface area contributed by atoms with Crippen LogP contribution in [0.25, 0.3) is 5.69 Å². The molecule has 1 unspecified atom stereocenters. The van der Waals surface area contributed by atoms with E-state index in [1.54, 1.807) is 37.4 Å². The molecule has 8 nitrogen and oxygen atoms in total. The highest BCUT2D eigenvalue weighted by molar-refractivity contribution is 6.09. The molecule has 1 atom stereocenters. The lowest BCUT2D eigenvalue weighted by molar-refractivity contribution is -0.129. The zero-order chi connectivity index (χ0) is 16.6. The second-order valence-corrected chi connectivity index (χ2v) is 5.03. The summed E-state index contributed by atoms with van der Waals surface area (Å²) < 4.78 is 1.32. The number of aromatic nitrogens is 3. The molecule has 3 rings (SSSR count). The molecule has 0 bridgehead atoms. The number of amides is 2. The van der Waals surface area contributed by atoms with E-state index >= 15 is 0 Å². The molecule has 2 amide bonds. The molecule has 2 heterocycles. The lowest BCUT2D eigenvalue weighted by Crippen LogP contribution is -2.45. The number of carbonyl (C=O) groups excluding carboxylic acids is 2. The van der Waals surface area contributed by atoms with Gasteiger partial charge in [-0.05, 0) is 19.1 Å². The van der Waals surface area contributed by atoms with Crippen molar-refractivity contribution in [3.8, 4) is 11.9 Å². The fourth-order valence-electron chi connectivity index (χ4n) is 2.38. The third-order valence-corrected chi connectivity index (χ3v) is 3.62. The molecule has 0 N–H and O–H groups in total. The molecule has 1 aliphatic heterocycles. The Morgan fingerprint density at radius 1 is 1.26 bits per heavy atom. The van der Waals surface area contributed by atoms with Gasteiger partial charge in [-0.3, -0.25) is 14.5 Å². The molecule has 2 aromatic rings. The number of rotatable bonds is 1. The van der Waals surface area contributed by atoms with Gasteiger partial charge in [0, 0.05) is 7.05 Å². The normalized spacial score (nSPS) is 17.9. The maximum absolute atomic E-state index is 12.3. The highest BCUT2D eigenvalue weighted by Crippen LogP contribution is 2.24. The number of imide groups is 1. The number of benzene rings is 1. The van der Waals surface area contributed by atoms with Crippen LogP contribution in [0.4, 0.5) is 0 Å². The fourth-order valence-corrected chi connectivity index (χ4v) is 2.38. The summed E-state index contributed by atoms with van der Waals surface area (Å²) in [5.41, 5.74) is 0.950. The minimum atomic E-state index is -0.627. The van der Waals surface area contributed by atoms with Crippen LogP contribution in [-0.2, 0) is 4.79 Å². The molecule has 8 heteroatoms. The summed E-state index contributed by atoms with van der Waals surface area (Å²) in [5.74, 6) is -1.51. The summed E-state index contributed by atoms with van der Waals surface area (Å²) in [6.45, 7) is 1.64. The zero-order valence-electron chi connectivity index (χ0n) is 12.5. The highest BCUT2D eigenvalue weighted by atomic mass is 16.2. The number of hydrogen-bond donors (Lipinski definition) is 0. The maximum atomic E-state index is 12.3. The molecule has 23 heavy (non-hydrogen) atoms. The van der Waals surface area contributed by atoms with E-state index in [1.165, 1.54) is 11.7 Å². The number of fused-ring (bicyclic) bond motifs is 1. The highest BCUT2D eigenvalue weighted by Gasteiger charge is 2.37. The first-order valence-corrected chi connectivity index (χ1v) is 6.86. The van der Waals surface area contributed by atoms with Gasteiger partial charge in [-0.2, -0.15) is 15.0 Å². The van der Waals surface area contributed by atoms with E-state index in [1.807, 2.05) is 6.07 Å². The molecule has 1 aliphatic rings. The molecule has 0 radical (unpaired) electrons. The van der Waals surface area contributed by atoms with Gasteiger partial charge in [0.1, 0.15) is 0 Å². The van der Waals surface area contributed by atoms with Crippen LogP contribution >= 0.6 is 0 Å². The molecular formula is C15H12N6O2. The standard InChI is InChI=1S/C15H12N6O2/c1-9-11-12(14(23)20(2)13(9)22)19-21(15(18-11)17-8-16)10-6-4-3-5-7-10/h3-7,9H,1-2H3. The number of hydrogen-bond acceptors (Lipinski definition) is 6. The van der Waals surface area contributed by atoms with Crippen molar-refractivity contribution in [1.29, 1.82) is 5.26 Å². The Labute approximate surface area is 131 Å². The number of carbonyl (C=O) groups is 2. The van der Waals surface area contributed by atoms with Gasteiger partial charge in [0.05, 0.1) is 17.3 Å². The Morgan fingerprint density at radius 2 is 1.96 bits per heavy atom. The summed E-state index contributed by atoms with van der Waals surface area (Å²) in [7, 11) is 1.41. The van der Waals surface area contributed by atoms with Crippen molar-refractivity contribution >= 4 is 11.8 Å². The van der Waals surface area contributed by atoms with Gasteiger partial charge in [-0.25, -0.2) is 4.98 Å². The number of likely N-dealkylation sites (N-methyl/N-ethyl adjacent to an activating group) is 1. The Balaban J connectivity index is 2.33. The van der Waals surface area contributed by atoms with Crippen molar-refractivity contribution in [2.45, 2.75) is 12.8 Å². The van der Waals surface area contributed by atoms with E-state index in [9.17, 15) is 9.59 Å². The first-order chi connectivity index (χ1) is 11.0. The fraction of sp³-hybridized carbons (Fsp3) is 0.200. The van der Waals surface area contributed by atoms with E-state index in [4.69, 9.17) is 5.26 Å². The van der Waals surface area contributed by atoms with Gasteiger partial charge >= 0.3 is 0 Å². The van der Waals surface area contributed by atoms with Crippen LogP contribution in [0.15, 0.2) is 35.3 Å². The first kappa shape index (κ1) is 14.6. The van der Waals surface area contributed by atoms with E-state index < -0.39 is 11.8 Å². The Morgan fingerprint density at radius 3 is 2.61 bits per heavy atom. The van der Waals surface area contributed by atoms with Crippen LogP contribution in [0.2, 0.25) is 0 Å². The predicted octanol–water partition coefficient (Wildman–Crippen LogP) is 0.365. The van der Waals surface area contributed by atoms with Crippen LogP contribution in [0.3, 0.4) is 0 Å². The molecule has 0 aliphatic carbocycles. The van der Waals surface area contributed by atoms with Crippen LogP contribution in [0.5, 0.6) is 0 Å². The second kappa shape index (κ2) is 5.46. The van der Waals surface area contributed by atoms with E-state index in [0.717, 1.165) is 4.90 Å². The van der Waals surface area contributed by atoms with Gasteiger partial charge < -0.3 is 0 Å². The summed E-state index contributed by atoms with van der Waals surface area (Å²) in [4.78, 5) is 33.3. The number of para-hydroxylation sites is 1. The average molecular weight is 308 g/mol. The van der Waals surface area contributed by atoms with Crippen LogP contribution in [0, 0.1) is 11.5 Å². The van der Waals surface area contributed by atoms with Gasteiger partial charge in [0.2, 0.25) is 12.1 Å². The van der Waals surface area contributed by atoms with Crippen LogP contribution in [0.1, 0.15) is 29.0 Å². The predicted molar refractivity (Wildman–Crippen MR) is 78.1 cm³/mol. The summed E-state index contributed by atoms with van der Waals surface area (Å²) in [6.07, 6.45) is 1.67. The molecule has 1 aromatic heterocycles. The Kier molecular flexibility index (Phi) is 3.46. The summed E-state index contributed by atoms with van der Waals surface area (Å²) in [5, 5.41) is 13.2. The minimum absolute atomic E-state index is 0.0226. The van der Waals surface area contributed by atoms with Crippen molar-refractivity contribution in [3.63, 3.8) is 0 Å². The number of nitriles is 1. The van der Waals surface area contributed by atoms with E-state index in [-0.39, 0.29) is 22.9 Å². The molecule has 0 fully saturated rings. The van der Waals surface area contributed by atoms with Gasteiger partial charge in [-0.1, -0.05) is 18.2 Å². The lowest BCUT2D eigenvalue weighted by Gasteiger charge is -2.26. The SMILES string of the molecule is CC1C(=O)N(C)C(=O)c2nn(-c3ccccc3)c(=NC#N)nc21. The zero-order valence-corrected chi connectivity index (χ0v) is 12.5. The second-order valence-electron chi connectivity index (χ2n) is 5.03. The monoisotopic (exact) mass is 308 g/mol. The summed E-state index contributed by atoms with van der Waals surface area (Å²) in [6, 6.07) is 8.92. The van der Waals surface area contributed by atoms with Gasteiger partial charge in [0.25, 0.3) is 11.5 Å². The van der Waals surface area contributed by atoms with Gasteiger partial charge in [-0.15, -0.1) is 4.99 Å². The third-order valence-electron chi connectivity index (χ3n) is 3.62. The molecule has 0 spiro atoms. The summed E-state index contributed by atoms with van der Waals surface area (Å²) >= 11 is 0. The van der Waals surface area contributed by atoms with Crippen molar-refractivity contribution in [2.24, 2.45) is 4.99 Å². The molecule has 0 saturated carbocycles. The van der Waals surface area contributed by atoms with Crippen molar-refractivity contribution in [3.05, 3.63) is 47.3 Å². The molecule has 1 aromatic carbocycles. The Bertz CT molecular complexity index is 910. The quantitative estimate of drug-likeness (QED) is 0.559. The topological polar surface area (TPSA) is 104 Å². The van der Waals surface area contributed by atoms with Crippen molar-refractivity contribution in [1.82, 2.24) is 19.7 Å². The largest absolute Gasteiger partial charge is 0.282 e. The molecular weight excluding hydrogens is 296 g/mol. The van der Waals surface area contributed by atoms with Gasteiger partial charge in [0.15, 0.2) is 5.69 Å². The van der Waals surface area contributed by atoms with E-state index in [0.29, 0.717) is 5.69 Å². The minimum Gasteiger partial charge on any atom is -0.280 e. The van der Waals surface area contributed by atoms with E-state index in [2.05, 4.69) is 15.1 Å². The average Bonchev–Trinajstić information content (AvgIpc) is 2.58. The maximum Gasteiger partial charge on any atom is 0.282 e.